The van der Waals surface area contributed by atoms with Gasteiger partial charge in [0.25, 0.3) is 0 Å². The summed E-state index contributed by atoms with van der Waals surface area (Å²) in [6.07, 6.45) is 0. The van der Waals surface area contributed by atoms with Gasteiger partial charge >= 0.3 is 0 Å². The average Bonchev–Trinajstić information content (AvgIpc) is 2.04. The first-order valence-electron chi connectivity index (χ1n) is 3.89. The number of alkyl halides is 1. The van der Waals surface area contributed by atoms with Gasteiger partial charge in [0.2, 0.25) is 0 Å². The van der Waals surface area contributed by atoms with Gasteiger partial charge in [0.1, 0.15) is 0 Å². The molecule has 0 aliphatic carbocycles. The summed E-state index contributed by atoms with van der Waals surface area (Å²) in [5.74, 6) is 0.642. The Kier molecular flexibility index (Phi) is 3.15. The lowest BCUT2D eigenvalue weighted by molar-refractivity contribution is 1.05. The molecule has 0 amide bonds. The van der Waals surface area contributed by atoms with Gasteiger partial charge in [-0.3, -0.25) is 0 Å². The van der Waals surface area contributed by atoms with Gasteiger partial charge in [-0.2, -0.15) is 0 Å². The predicted molar refractivity (Wildman–Crippen MR) is 54.4 cm³/mol. The van der Waals surface area contributed by atoms with E-state index < -0.39 is 0 Å². The molecule has 1 unspecified atom stereocenters. The zero-order valence-electron chi connectivity index (χ0n) is 6.97. The minimum absolute atomic E-state index is 0.642. The Labute approximate surface area is 76.0 Å². The fraction of sp³-hybridized carbons (Fsp3) is 0.333. The predicted octanol–water partition coefficient (Wildman–Crippen LogP) is 1.85. The third kappa shape index (κ3) is 2.08. The molecule has 0 N–H and O–H groups in total. The first kappa shape index (κ1) is 8.82. The van der Waals surface area contributed by atoms with Crippen molar-refractivity contribution in [3.8, 4) is 0 Å². The minimum Gasteiger partial charge on any atom is -0.122 e. The van der Waals surface area contributed by atoms with Crippen molar-refractivity contribution in [2.45, 2.75) is 18.3 Å². The van der Waals surface area contributed by atoms with Crippen molar-refractivity contribution < 1.29 is 0 Å². The van der Waals surface area contributed by atoms with Gasteiger partial charge in [0, 0.05) is 16.1 Å². The molecule has 0 saturated heterocycles. The van der Waals surface area contributed by atoms with E-state index in [4.69, 9.17) is 11.6 Å². The summed E-state index contributed by atoms with van der Waals surface area (Å²) in [7, 11) is 1.20. The molecule has 0 bridgehead atoms. The molecule has 0 heterocycles. The van der Waals surface area contributed by atoms with Crippen molar-refractivity contribution in [3.05, 3.63) is 35.4 Å². The monoisotopic (exact) mass is 184 g/mol. The normalized spacial score (nSPS) is 13.3. The van der Waals surface area contributed by atoms with Crippen molar-refractivity contribution in [2.75, 3.05) is 0 Å². The molecule has 0 aliphatic rings. The third-order valence-corrected chi connectivity index (χ3v) is 2.73. The van der Waals surface area contributed by atoms with Crippen LogP contribution in [0.3, 0.4) is 0 Å². The van der Waals surface area contributed by atoms with Crippen LogP contribution >= 0.6 is 11.6 Å². The number of hydrogen-bond donors (Lipinski definition) is 0. The molecule has 1 aromatic rings. The van der Waals surface area contributed by atoms with Gasteiger partial charge in [-0.25, -0.2) is 0 Å². The molecule has 11 heavy (non-hydrogen) atoms. The summed E-state index contributed by atoms with van der Waals surface area (Å²) >= 11 is 5.79. The van der Waals surface area contributed by atoms with Crippen molar-refractivity contribution >= 4 is 21.8 Å². The first-order valence-corrected chi connectivity index (χ1v) is 5.58. The number of halogens is 1. The zero-order chi connectivity index (χ0) is 8.27. The van der Waals surface area contributed by atoms with Crippen LogP contribution in [0.5, 0.6) is 0 Å². The van der Waals surface area contributed by atoms with Crippen LogP contribution < -0.4 is 0 Å². The Morgan fingerprint density at radius 1 is 1.45 bits per heavy atom. The molecule has 1 atom stereocenters. The summed E-state index contributed by atoms with van der Waals surface area (Å²) < 4.78 is 0. The molecule has 1 aromatic carbocycles. The smallest absolute Gasteiger partial charge is 0.0476 e. The van der Waals surface area contributed by atoms with Crippen LogP contribution in [0.25, 0.3) is 0 Å². The van der Waals surface area contributed by atoms with Crippen molar-refractivity contribution in [2.24, 2.45) is 0 Å². The molecule has 2 heteroatoms. The second-order valence-electron chi connectivity index (χ2n) is 2.99. The average molecular weight is 185 g/mol. The Morgan fingerprint density at radius 3 is 2.55 bits per heavy atom. The molecule has 0 nitrogen and oxygen atoms in total. The van der Waals surface area contributed by atoms with Crippen molar-refractivity contribution in [1.82, 2.24) is 0 Å². The van der Waals surface area contributed by atoms with Crippen LogP contribution in [0, 0.1) is 0 Å². The van der Waals surface area contributed by atoms with Crippen LogP contribution in [0.2, 0.25) is 0 Å². The van der Waals surface area contributed by atoms with Gasteiger partial charge in [-0.05, 0) is 16.7 Å². The van der Waals surface area contributed by atoms with Gasteiger partial charge in [0.05, 0.1) is 0 Å². The Balaban J connectivity index is 3.02. The maximum absolute atomic E-state index is 5.79. The summed E-state index contributed by atoms with van der Waals surface area (Å²) in [6, 6.07) is 8.41. The molecule has 0 fully saturated rings. The minimum atomic E-state index is 0.642. The van der Waals surface area contributed by atoms with Crippen LogP contribution in [0.15, 0.2) is 24.3 Å². The highest BCUT2D eigenvalue weighted by Gasteiger charge is 2.02. The first-order chi connectivity index (χ1) is 5.25. The molecule has 60 valence electrons. The van der Waals surface area contributed by atoms with E-state index in [2.05, 4.69) is 25.1 Å². The maximum atomic E-state index is 5.79. The van der Waals surface area contributed by atoms with E-state index in [-0.39, 0.29) is 0 Å². The topological polar surface area (TPSA) is 0 Å². The fourth-order valence-electron chi connectivity index (χ4n) is 1.22. The Hall–Kier alpha value is -0.273. The summed E-state index contributed by atoms with van der Waals surface area (Å²) in [5, 5.41) is 0. The van der Waals surface area contributed by atoms with Crippen molar-refractivity contribution in [1.29, 1.82) is 0 Å². The van der Waals surface area contributed by atoms with Gasteiger partial charge < -0.3 is 0 Å². The van der Waals surface area contributed by atoms with Gasteiger partial charge in [0.15, 0.2) is 0 Å². The van der Waals surface area contributed by atoms with E-state index in [0.29, 0.717) is 11.4 Å². The van der Waals surface area contributed by atoms with E-state index in [1.54, 1.807) is 0 Å². The van der Waals surface area contributed by atoms with Crippen molar-refractivity contribution in [3.63, 3.8) is 0 Å². The molecule has 1 rings (SSSR count). The lowest BCUT2D eigenvalue weighted by Crippen LogP contribution is -1.96. The third-order valence-electron chi connectivity index (χ3n) is 1.82. The SMILES string of the molecule is CC([SiH3])c1ccccc1CCl. The molecule has 0 aliphatic heterocycles. The number of rotatable bonds is 2. The fourth-order valence-corrected chi connectivity index (χ4v) is 2.03. The van der Waals surface area contributed by atoms with Crippen LogP contribution in [0.4, 0.5) is 0 Å². The summed E-state index contributed by atoms with van der Waals surface area (Å²) in [6.45, 7) is 2.25. The summed E-state index contributed by atoms with van der Waals surface area (Å²) in [4.78, 5) is 0. The highest BCUT2D eigenvalue weighted by molar-refractivity contribution is 6.17. The zero-order valence-corrected chi connectivity index (χ0v) is 9.73. The van der Waals surface area contributed by atoms with Gasteiger partial charge in [-0.15, -0.1) is 11.6 Å². The maximum Gasteiger partial charge on any atom is 0.0476 e. The van der Waals surface area contributed by atoms with Crippen LogP contribution in [-0.2, 0) is 5.88 Å². The van der Waals surface area contributed by atoms with Crippen LogP contribution in [0.1, 0.15) is 23.6 Å². The molecule has 0 aromatic heterocycles. The molecular formula is C9H13ClSi. The standard InChI is InChI=1S/C9H13ClSi/c1-7(11)9-5-3-2-4-8(9)6-10/h2-5,7H,6H2,1,11H3. The van der Waals surface area contributed by atoms with Crippen LogP contribution in [-0.4, -0.2) is 10.2 Å². The second kappa shape index (κ2) is 3.93. The second-order valence-corrected chi connectivity index (χ2v) is 4.99. The Bertz CT molecular complexity index is 233. The molecule has 0 saturated carbocycles. The Morgan fingerprint density at radius 2 is 2.09 bits per heavy atom. The molecular weight excluding hydrogens is 172 g/mol. The summed E-state index contributed by atoms with van der Waals surface area (Å²) in [5.41, 5.74) is 3.43. The molecule has 0 spiro atoms. The van der Waals surface area contributed by atoms with E-state index in [9.17, 15) is 0 Å². The van der Waals surface area contributed by atoms with E-state index in [1.807, 2.05) is 6.07 Å². The number of benzene rings is 1. The quantitative estimate of drug-likeness (QED) is 0.486. The van der Waals surface area contributed by atoms with Gasteiger partial charge in [-0.1, -0.05) is 31.2 Å². The van der Waals surface area contributed by atoms with E-state index >= 15 is 0 Å². The lowest BCUT2D eigenvalue weighted by Gasteiger charge is -2.09. The highest BCUT2D eigenvalue weighted by atomic mass is 35.5. The lowest BCUT2D eigenvalue weighted by atomic mass is 10.1. The highest BCUT2D eigenvalue weighted by Crippen LogP contribution is 2.18. The van der Waals surface area contributed by atoms with E-state index in [0.717, 1.165) is 0 Å². The number of hydrogen-bond acceptors (Lipinski definition) is 0. The van der Waals surface area contributed by atoms with E-state index in [1.165, 1.54) is 21.4 Å². The molecule has 0 radical (unpaired) electrons. The largest absolute Gasteiger partial charge is 0.122 e.